The molecule has 1 rings (SSSR count). The molecule has 0 aromatic heterocycles. The van der Waals surface area contributed by atoms with Gasteiger partial charge in [-0.15, -0.1) is 0 Å². The summed E-state index contributed by atoms with van der Waals surface area (Å²) < 4.78 is 0. The van der Waals surface area contributed by atoms with E-state index in [1.165, 1.54) is 43.3 Å². The molecule has 1 nitrogen and oxygen atoms in total. The van der Waals surface area contributed by atoms with E-state index in [1.54, 1.807) is 6.92 Å². The summed E-state index contributed by atoms with van der Waals surface area (Å²) in [5.74, 6) is 0.281. The number of carbonyl (C=O) groups excluding carboxylic acids is 1. The van der Waals surface area contributed by atoms with Crippen LogP contribution in [0.3, 0.4) is 0 Å². The second-order valence-corrected chi connectivity index (χ2v) is 4.48. The van der Waals surface area contributed by atoms with Crippen LogP contribution in [0.15, 0.2) is 23.8 Å². The Labute approximate surface area is 93.3 Å². The summed E-state index contributed by atoms with van der Waals surface area (Å²) >= 11 is 0. The minimum absolute atomic E-state index is 0.281. The summed E-state index contributed by atoms with van der Waals surface area (Å²) in [6, 6.07) is 0. The molecule has 0 saturated carbocycles. The minimum Gasteiger partial charge on any atom is -0.300 e. The summed E-state index contributed by atoms with van der Waals surface area (Å²) in [5.41, 5.74) is 2.69. The average molecular weight is 206 g/mol. The molecule has 0 radical (unpaired) electrons. The molecule has 1 heteroatoms. The Morgan fingerprint density at radius 3 is 2.40 bits per heavy atom. The molecule has 0 fully saturated rings. The lowest BCUT2D eigenvalue weighted by atomic mass is 9.96. The quantitative estimate of drug-likeness (QED) is 0.676. The molecule has 1 aliphatic rings. The van der Waals surface area contributed by atoms with E-state index in [2.05, 4.69) is 6.58 Å². The zero-order chi connectivity index (χ0) is 11.1. The third-order valence-electron chi connectivity index (χ3n) is 3.09. The first-order valence-electron chi connectivity index (χ1n) is 6.07. The van der Waals surface area contributed by atoms with Crippen molar-refractivity contribution in [2.24, 2.45) is 0 Å². The first kappa shape index (κ1) is 12.2. The predicted molar refractivity (Wildman–Crippen MR) is 64.8 cm³/mol. The number of allylic oxidation sites excluding steroid dienone is 3. The molecule has 0 spiro atoms. The second kappa shape index (κ2) is 6.60. The Kier molecular flexibility index (Phi) is 5.38. The van der Waals surface area contributed by atoms with Crippen LogP contribution >= 0.6 is 0 Å². The molecule has 0 aromatic rings. The van der Waals surface area contributed by atoms with Gasteiger partial charge in [0.1, 0.15) is 5.78 Å². The molecular formula is C14H22O. The fourth-order valence-corrected chi connectivity index (χ4v) is 2.27. The largest absolute Gasteiger partial charge is 0.300 e. The summed E-state index contributed by atoms with van der Waals surface area (Å²) in [4.78, 5) is 11.2. The standard InChI is InChI=1S/C14H22O/c1-3-13-9-7-5-4-6-8-10-14(13)11-12(2)15/h3H,1,4-11H2,2H3/b14-13+. The third-order valence-corrected chi connectivity index (χ3v) is 3.09. The highest BCUT2D eigenvalue weighted by Crippen LogP contribution is 2.25. The minimum atomic E-state index is 0.281. The fraction of sp³-hybridized carbons (Fsp3) is 0.643. The summed E-state index contributed by atoms with van der Waals surface area (Å²) in [7, 11) is 0. The van der Waals surface area contributed by atoms with Crippen molar-refractivity contribution >= 4 is 5.78 Å². The van der Waals surface area contributed by atoms with E-state index >= 15 is 0 Å². The van der Waals surface area contributed by atoms with Crippen molar-refractivity contribution in [1.29, 1.82) is 0 Å². The molecule has 0 bridgehead atoms. The van der Waals surface area contributed by atoms with Crippen LogP contribution < -0.4 is 0 Å². The predicted octanol–water partition coefficient (Wildman–Crippen LogP) is 4.19. The Balaban J connectivity index is 2.75. The molecule has 0 saturated heterocycles. The van der Waals surface area contributed by atoms with Crippen LogP contribution in [0.5, 0.6) is 0 Å². The van der Waals surface area contributed by atoms with E-state index in [9.17, 15) is 4.79 Å². The van der Waals surface area contributed by atoms with Gasteiger partial charge in [-0.25, -0.2) is 0 Å². The van der Waals surface area contributed by atoms with Crippen molar-refractivity contribution in [2.75, 3.05) is 0 Å². The Bertz CT molecular complexity index is 261. The van der Waals surface area contributed by atoms with Crippen molar-refractivity contribution in [3.05, 3.63) is 23.8 Å². The number of hydrogen-bond acceptors (Lipinski definition) is 1. The molecule has 15 heavy (non-hydrogen) atoms. The Hall–Kier alpha value is -0.850. The highest BCUT2D eigenvalue weighted by molar-refractivity contribution is 5.78. The second-order valence-electron chi connectivity index (χ2n) is 4.48. The van der Waals surface area contributed by atoms with E-state index in [0.29, 0.717) is 6.42 Å². The lowest BCUT2D eigenvalue weighted by Crippen LogP contribution is -1.97. The number of ketones is 1. The third kappa shape index (κ3) is 4.46. The molecule has 0 aromatic carbocycles. The molecule has 0 unspecified atom stereocenters. The molecule has 0 atom stereocenters. The molecule has 0 N–H and O–H groups in total. The lowest BCUT2D eigenvalue weighted by Gasteiger charge is -2.09. The normalized spacial score (nSPS) is 23.8. The van der Waals surface area contributed by atoms with Gasteiger partial charge < -0.3 is 0 Å². The Morgan fingerprint density at radius 2 is 1.80 bits per heavy atom. The van der Waals surface area contributed by atoms with Crippen LogP contribution in [0.4, 0.5) is 0 Å². The summed E-state index contributed by atoms with van der Waals surface area (Å²) in [6.07, 6.45) is 11.3. The van der Waals surface area contributed by atoms with E-state index in [0.717, 1.165) is 12.8 Å². The van der Waals surface area contributed by atoms with E-state index < -0.39 is 0 Å². The van der Waals surface area contributed by atoms with Crippen LogP contribution in [0.25, 0.3) is 0 Å². The SMILES string of the molecule is C=C/C1=C(\CC(C)=O)CCCCCCC1. The molecule has 84 valence electrons. The van der Waals surface area contributed by atoms with Gasteiger partial charge in [-0.05, 0) is 38.2 Å². The van der Waals surface area contributed by atoms with Gasteiger partial charge in [0.25, 0.3) is 0 Å². The molecule has 0 aliphatic heterocycles. The molecule has 1 aliphatic carbocycles. The van der Waals surface area contributed by atoms with Crippen molar-refractivity contribution < 1.29 is 4.79 Å². The van der Waals surface area contributed by atoms with Crippen molar-refractivity contribution in [3.8, 4) is 0 Å². The number of rotatable bonds is 3. The van der Waals surface area contributed by atoms with Gasteiger partial charge in [-0.1, -0.05) is 37.5 Å². The maximum atomic E-state index is 11.2. The molecule has 0 amide bonds. The number of hydrogen-bond donors (Lipinski definition) is 0. The van der Waals surface area contributed by atoms with Gasteiger partial charge in [0.2, 0.25) is 0 Å². The molecular weight excluding hydrogens is 184 g/mol. The van der Waals surface area contributed by atoms with Crippen LogP contribution in [-0.4, -0.2) is 5.78 Å². The lowest BCUT2D eigenvalue weighted by molar-refractivity contribution is -0.116. The average Bonchev–Trinajstić information content (AvgIpc) is 2.29. The zero-order valence-electron chi connectivity index (χ0n) is 9.85. The smallest absolute Gasteiger partial charge is 0.133 e. The van der Waals surface area contributed by atoms with Gasteiger partial charge >= 0.3 is 0 Å². The summed E-state index contributed by atoms with van der Waals surface area (Å²) in [6.45, 7) is 5.56. The van der Waals surface area contributed by atoms with E-state index in [4.69, 9.17) is 0 Å². The molecule has 0 heterocycles. The first-order chi connectivity index (χ1) is 7.24. The van der Waals surface area contributed by atoms with Gasteiger partial charge in [0.15, 0.2) is 0 Å². The van der Waals surface area contributed by atoms with Gasteiger partial charge in [-0.3, -0.25) is 4.79 Å². The van der Waals surface area contributed by atoms with Crippen LogP contribution in [-0.2, 0) is 4.79 Å². The van der Waals surface area contributed by atoms with E-state index in [1.807, 2.05) is 6.08 Å². The highest BCUT2D eigenvalue weighted by atomic mass is 16.1. The topological polar surface area (TPSA) is 17.1 Å². The van der Waals surface area contributed by atoms with Crippen LogP contribution in [0.1, 0.15) is 58.3 Å². The number of Topliss-reactive ketones (excluding diaryl/α,β-unsaturated/α-hetero) is 1. The summed E-state index contributed by atoms with van der Waals surface area (Å²) in [5, 5.41) is 0. The fourth-order valence-electron chi connectivity index (χ4n) is 2.27. The van der Waals surface area contributed by atoms with Crippen molar-refractivity contribution in [3.63, 3.8) is 0 Å². The van der Waals surface area contributed by atoms with Crippen molar-refractivity contribution in [1.82, 2.24) is 0 Å². The monoisotopic (exact) mass is 206 g/mol. The maximum Gasteiger partial charge on any atom is 0.133 e. The van der Waals surface area contributed by atoms with Crippen LogP contribution in [0, 0.1) is 0 Å². The highest BCUT2D eigenvalue weighted by Gasteiger charge is 2.09. The van der Waals surface area contributed by atoms with Gasteiger partial charge in [0.05, 0.1) is 0 Å². The van der Waals surface area contributed by atoms with Gasteiger partial charge in [0, 0.05) is 6.42 Å². The maximum absolute atomic E-state index is 11.2. The van der Waals surface area contributed by atoms with Crippen LogP contribution in [0.2, 0.25) is 0 Å². The first-order valence-corrected chi connectivity index (χ1v) is 6.07. The van der Waals surface area contributed by atoms with Gasteiger partial charge in [-0.2, -0.15) is 0 Å². The van der Waals surface area contributed by atoms with E-state index in [-0.39, 0.29) is 5.78 Å². The van der Waals surface area contributed by atoms with Crippen molar-refractivity contribution in [2.45, 2.75) is 58.3 Å². The Morgan fingerprint density at radius 1 is 1.20 bits per heavy atom. The zero-order valence-corrected chi connectivity index (χ0v) is 9.85. The number of carbonyl (C=O) groups is 1.